The van der Waals surface area contributed by atoms with Crippen LogP contribution in [0.15, 0.2) is 22.6 Å². The van der Waals surface area contributed by atoms with Crippen LogP contribution in [0.25, 0.3) is 0 Å². The number of alkyl halides is 3. The summed E-state index contributed by atoms with van der Waals surface area (Å²) < 4.78 is 40.5. The molecule has 2 heterocycles. The van der Waals surface area contributed by atoms with Crippen LogP contribution in [0.3, 0.4) is 0 Å². The average molecular weight is 302 g/mol. The largest absolute Gasteiger partial charge is 0.421 e. The zero-order valence-corrected chi connectivity index (χ0v) is 11.9. The number of aliphatic imine (C=N–C) groups is 1. The van der Waals surface area contributed by atoms with Gasteiger partial charge in [-0.25, -0.2) is 4.99 Å². The summed E-state index contributed by atoms with van der Waals surface area (Å²) in [6.45, 7) is 3.78. The molecule has 1 unspecified atom stereocenters. The van der Waals surface area contributed by atoms with E-state index in [1.807, 2.05) is 0 Å². The Morgan fingerprint density at radius 3 is 2.62 bits per heavy atom. The van der Waals surface area contributed by atoms with Crippen LogP contribution in [0.2, 0.25) is 0 Å². The lowest BCUT2D eigenvalue weighted by molar-refractivity contribution is -0.0876. The molecular weight excluding hydrogens is 285 g/mol. The molecule has 6 nitrogen and oxygen atoms in total. The van der Waals surface area contributed by atoms with Crippen molar-refractivity contribution in [2.45, 2.75) is 25.8 Å². The molecule has 0 aromatic carbocycles. The van der Waals surface area contributed by atoms with Gasteiger partial charge in [0.1, 0.15) is 11.4 Å². The number of allylic oxidation sites excluding steroid dienone is 1. The fourth-order valence-electron chi connectivity index (χ4n) is 2.06. The first-order valence-electron chi connectivity index (χ1n) is 6.35. The Balaban J connectivity index is 2.43. The summed E-state index contributed by atoms with van der Waals surface area (Å²) in [4.78, 5) is 3.86. The molecule has 21 heavy (non-hydrogen) atoms. The predicted octanol–water partition coefficient (Wildman–Crippen LogP) is 0.855. The third-order valence-electron chi connectivity index (χ3n) is 3.29. The third kappa shape index (κ3) is 2.73. The fraction of sp³-hybridized carbons (Fsp3) is 0.500. The lowest BCUT2D eigenvalue weighted by atomic mass is 10.1. The van der Waals surface area contributed by atoms with E-state index in [1.165, 1.54) is 6.20 Å². The highest BCUT2D eigenvalue weighted by molar-refractivity contribution is 5.82. The zero-order valence-electron chi connectivity index (χ0n) is 11.9. The Bertz CT molecular complexity index is 601. The number of nitrogens with one attached hydrogen (secondary N) is 2. The Hall–Kier alpha value is -2.03. The summed E-state index contributed by atoms with van der Waals surface area (Å²) in [5, 5.41) is 9.31. The summed E-state index contributed by atoms with van der Waals surface area (Å²) in [6, 6.07) is 0. The summed E-state index contributed by atoms with van der Waals surface area (Å²) in [5.74, 6) is -1.67. The Morgan fingerprint density at radius 2 is 2.14 bits per heavy atom. The van der Waals surface area contributed by atoms with Crippen LogP contribution in [0, 0.1) is 6.92 Å². The van der Waals surface area contributed by atoms with Crippen molar-refractivity contribution in [3.8, 4) is 0 Å². The number of aromatic nitrogens is 2. The van der Waals surface area contributed by atoms with Crippen molar-refractivity contribution in [2.24, 2.45) is 17.8 Å². The van der Waals surface area contributed by atoms with Crippen molar-refractivity contribution >= 4 is 6.21 Å². The molecule has 116 valence electrons. The molecule has 1 aliphatic rings. The average Bonchev–Trinajstić information content (AvgIpc) is 2.69. The zero-order chi connectivity index (χ0) is 15.8. The van der Waals surface area contributed by atoms with Crippen LogP contribution in [-0.4, -0.2) is 28.7 Å². The highest BCUT2D eigenvalue weighted by atomic mass is 19.4. The van der Waals surface area contributed by atoms with E-state index in [2.05, 4.69) is 20.7 Å². The number of halogens is 3. The molecule has 0 saturated heterocycles. The Labute approximate surface area is 119 Å². The van der Waals surface area contributed by atoms with Crippen LogP contribution < -0.4 is 16.4 Å². The smallest absolute Gasteiger partial charge is 0.372 e. The molecule has 0 fully saturated rings. The lowest BCUT2D eigenvalue weighted by Crippen LogP contribution is -2.54. The van der Waals surface area contributed by atoms with Crippen LogP contribution in [-0.2, 0) is 12.8 Å². The van der Waals surface area contributed by atoms with E-state index in [1.54, 1.807) is 25.6 Å². The molecule has 1 aliphatic heterocycles. The summed E-state index contributed by atoms with van der Waals surface area (Å²) in [5.41, 5.74) is 6.46. The molecule has 0 saturated carbocycles. The summed E-state index contributed by atoms with van der Waals surface area (Å²) in [6.07, 6.45) is -2.28. The number of aryl methyl sites for hydroxylation is 1. The second-order valence-corrected chi connectivity index (χ2v) is 4.73. The third-order valence-corrected chi connectivity index (χ3v) is 3.29. The standard InChI is InChI=1S/C12H17F3N6/c1-4-17-10-9(11(13,14)15)5-18-12(16,20-10)8-6-19-21(3)7(8)2/h5-6,17,20H,4,16H2,1-3H3. The number of hydrogen-bond donors (Lipinski definition) is 3. The first kappa shape index (κ1) is 15.4. The maximum Gasteiger partial charge on any atom is 0.421 e. The number of nitrogens with zero attached hydrogens (tertiary/aromatic N) is 3. The normalized spacial score (nSPS) is 22.4. The van der Waals surface area contributed by atoms with E-state index in [4.69, 9.17) is 5.73 Å². The van der Waals surface area contributed by atoms with E-state index in [0.29, 0.717) is 17.8 Å². The van der Waals surface area contributed by atoms with Crippen LogP contribution in [0.1, 0.15) is 18.2 Å². The number of nitrogens with two attached hydrogens (primary N) is 1. The maximum atomic E-state index is 13.0. The van der Waals surface area contributed by atoms with Gasteiger partial charge >= 0.3 is 6.18 Å². The van der Waals surface area contributed by atoms with Gasteiger partial charge in [-0.3, -0.25) is 10.4 Å². The van der Waals surface area contributed by atoms with Crippen molar-refractivity contribution in [3.05, 3.63) is 28.8 Å². The first-order valence-corrected chi connectivity index (χ1v) is 6.35. The molecule has 0 radical (unpaired) electrons. The van der Waals surface area contributed by atoms with Crippen LogP contribution >= 0.6 is 0 Å². The SMILES string of the molecule is CCNC1=C(C(F)(F)F)C=NC(N)(c2cnn(C)c2C)N1. The minimum atomic E-state index is -4.51. The van der Waals surface area contributed by atoms with Gasteiger partial charge in [-0.1, -0.05) is 0 Å². The number of rotatable bonds is 3. The van der Waals surface area contributed by atoms with Crippen molar-refractivity contribution in [3.63, 3.8) is 0 Å². The Kier molecular flexibility index (Phi) is 3.70. The molecule has 1 atom stereocenters. The van der Waals surface area contributed by atoms with Gasteiger partial charge < -0.3 is 10.6 Å². The second-order valence-electron chi connectivity index (χ2n) is 4.73. The van der Waals surface area contributed by atoms with E-state index < -0.39 is 17.5 Å². The van der Waals surface area contributed by atoms with Gasteiger partial charge in [0.25, 0.3) is 0 Å². The van der Waals surface area contributed by atoms with Gasteiger partial charge in [0, 0.05) is 25.5 Å². The van der Waals surface area contributed by atoms with Crippen molar-refractivity contribution in [1.82, 2.24) is 20.4 Å². The molecular formula is C12H17F3N6. The molecule has 2 rings (SSSR count). The van der Waals surface area contributed by atoms with E-state index in [0.717, 1.165) is 6.21 Å². The van der Waals surface area contributed by atoms with E-state index >= 15 is 0 Å². The summed E-state index contributed by atoms with van der Waals surface area (Å²) >= 11 is 0. The highest BCUT2D eigenvalue weighted by Gasteiger charge is 2.42. The molecule has 4 N–H and O–H groups in total. The minimum absolute atomic E-state index is 0.189. The van der Waals surface area contributed by atoms with Crippen molar-refractivity contribution in [1.29, 1.82) is 0 Å². The monoisotopic (exact) mass is 302 g/mol. The molecule has 0 aliphatic carbocycles. The molecule has 0 amide bonds. The van der Waals surface area contributed by atoms with Crippen LogP contribution in [0.4, 0.5) is 13.2 Å². The Morgan fingerprint density at radius 1 is 1.48 bits per heavy atom. The number of hydrogen-bond acceptors (Lipinski definition) is 5. The molecule has 0 bridgehead atoms. The van der Waals surface area contributed by atoms with Gasteiger partial charge in [-0.05, 0) is 13.8 Å². The van der Waals surface area contributed by atoms with Gasteiger partial charge in [-0.15, -0.1) is 0 Å². The van der Waals surface area contributed by atoms with Gasteiger partial charge in [0.05, 0.1) is 11.8 Å². The summed E-state index contributed by atoms with van der Waals surface area (Å²) in [7, 11) is 1.72. The molecule has 1 aromatic heterocycles. The van der Waals surface area contributed by atoms with Crippen molar-refractivity contribution in [2.75, 3.05) is 6.54 Å². The maximum absolute atomic E-state index is 13.0. The van der Waals surface area contributed by atoms with Gasteiger partial charge in [0.15, 0.2) is 0 Å². The fourth-order valence-corrected chi connectivity index (χ4v) is 2.06. The lowest BCUT2D eigenvalue weighted by Gasteiger charge is -2.33. The van der Waals surface area contributed by atoms with Gasteiger partial charge in [0.2, 0.25) is 5.79 Å². The topological polar surface area (TPSA) is 80.3 Å². The highest BCUT2D eigenvalue weighted by Crippen LogP contribution is 2.31. The van der Waals surface area contributed by atoms with E-state index in [9.17, 15) is 13.2 Å². The quantitative estimate of drug-likeness (QED) is 0.773. The molecule has 0 spiro atoms. The van der Waals surface area contributed by atoms with Crippen molar-refractivity contribution < 1.29 is 13.2 Å². The molecule has 9 heteroatoms. The van der Waals surface area contributed by atoms with Crippen LogP contribution in [0.5, 0.6) is 0 Å². The van der Waals surface area contributed by atoms with Gasteiger partial charge in [-0.2, -0.15) is 18.3 Å². The second kappa shape index (κ2) is 5.06. The first-order chi connectivity index (χ1) is 9.69. The predicted molar refractivity (Wildman–Crippen MR) is 72.2 cm³/mol. The molecule has 1 aromatic rings. The minimum Gasteiger partial charge on any atom is -0.372 e. The van der Waals surface area contributed by atoms with E-state index in [-0.39, 0.29) is 5.82 Å².